The molecule has 1 saturated heterocycles. The molecule has 1 fully saturated rings. The van der Waals surface area contributed by atoms with Gasteiger partial charge in [0.1, 0.15) is 15.6 Å². The average molecular weight is 344 g/mol. The summed E-state index contributed by atoms with van der Waals surface area (Å²) in [5.41, 5.74) is 5.70. The first kappa shape index (κ1) is 17.0. The van der Waals surface area contributed by atoms with Crippen LogP contribution in [0.3, 0.4) is 0 Å². The van der Waals surface area contributed by atoms with Gasteiger partial charge >= 0.3 is 6.03 Å². The molecule has 122 valence electrons. The molecule has 0 saturated carbocycles. The molecule has 0 atom stereocenters. The maximum atomic E-state index is 11.9. The van der Waals surface area contributed by atoms with Crippen LogP contribution in [0, 0.1) is 0 Å². The Balaban J connectivity index is 2.00. The summed E-state index contributed by atoms with van der Waals surface area (Å²) in [6, 6.07) is -0.348. The Kier molecular flexibility index (Phi) is 6.04. The van der Waals surface area contributed by atoms with E-state index in [9.17, 15) is 14.7 Å². The van der Waals surface area contributed by atoms with Gasteiger partial charge < -0.3 is 15.7 Å². The minimum absolute atomic E-state index is 0.279. The SMILES string of the molecule is CCCCCSc1nsc(NC(=O)N2CC(O)C2)c1C(N)=O. The lowest BCUT2D eigenvalue weighted by Crippen LogP contribution is -2.54. The summed E-state index contributed by atoms with van der Waals surface area (Å²) >= 11 is 2.54. The number of hydrogen-bond acceptors (Lipinski definition) is 6. The second-order valence-electron chi connectivity index (χ2n) is 5.10. The molecule has 4 N–H and O–H groups in total. The fraction of sp³-hybridized carbons (Fsp3) is 0.615. The number of likely N-dealkylation sites (tertiary alicyclic amines) is 1. The third kappa shape index (κ3) is 4.11. The van der Waals surface area contributed by atoms with E-state index in [1.54, 1.807) is 0 Å². The van der Waals surface area contributed by atoms with E-state index in [0.717, 1.165) is 36.5 Å². The van der Waals surface area contributed by atoms with Crippen molar-refractivity contribution in [1.82, 2.24) is 9.27 Å². The Labute approximate surface area is 137 Å². The Morgan fingerprint density at radius 1 is 1.50 bits per heavy atom. The van der Waals surface area contributed by atoms with Crippen LogP contribution in [0.25, 0.3) is 0 Å². The van der Waals surface area contributed by atoms with E-state index in [-0.39, 0.29) is 11.6 Å². The number of amides is 3. The number of primary amides is 1. The monoisotopic (exact) mass is 344 g/mol. The van der Waals surface area contributed by atoms with Crippen LogP contribution in [0.5, 0.6) is 0 Å². The lowest BCUT2D eigenvalue weighted by atomic mass is 10.2. The van der Waals surface area contributed by atoms with E-state index in [4.69, 9.17) is 5.73 Å². The van der Waals surface area contributed by atoms with Crippen LogP contribution in [0.4, 0.5) is 9.80 Å². The quantitative estimate of drug-likeness (QED) is 0.516. The number of carbonyl (C=O) groups is 2. The fourth-order valence-corrected chi connectivity index (χ4v) is 3.96. The second kappa shape index (κ2) is 7.80. The third-order valence-electron chi connectivity index (χ3n) is 3.26. The minimum atomic E-state index is -0.592. The number of hydrogen-bond donors (Lipinski definition) is 3. The molecular formula is C13H20N4O3S2. The molecule has 22 heavy (non-hydrogen) atoms. The van der Waals surface area contributed by atoms with E-state index in [2.05, 4.69) is 16.6 Å². The van der Waals surface area contributed by atoms with Gasteiger partial charge in [0.2, 0.25) is 0 Å². The van der Waals surface area contributed by atoms with Gasteiger partial charge in [0.25, 0.3) is 5.91 Å². The maximum Gasteiger partial charge on any atom is 0.322 e. The number of β-amino-alcohol motifs (C(OH)–C–C–N with tert-alkyl or cyclic N) is 1. The second-order valence-corrected chi connectivity index (χ2v) is 6.96. The molecule has 0 spiro atoms. The number of nitrogens with two attached hydrogens (primary N) is 1. The molecule has 1 aromatic rings. The molecule has 0 aromatic carbocycles. The molecule has 9 heteroatoms. The van der Waals surface area contributed by atoms with Gasteiger partial charge in [-0.05, 0) is 23.7 Å². The van der Waals surface area contributed by atoms with Crippen LogP contribution in [-0.4, -0.2) is 51.3 Å². The first-order chi connectivity index (χ1) is 10.5. The molecule has 0 unspecified atom stereocenters. The highest BCUT2D eigenvalue weighted by Gasteiger charge is 2.30. The number of nitrogens with zero attached hydrogens (tertiary/aromatic N) is 2. The number of thioether (sulfide) groups is 1. The van der Waals surface area contributed by atoms with Gasteiger partial charge in [0.15, 0.2) is 0 Å². The molecule has 0 radical (unpaired) electrons. The first-order valence-corrected chi connectivity index (χ1v) is 8.95. The van der Waals surface area contributed by atoms with Crippen LogP contribution < -0.4 is 11.1 Å². The summed E-state index contributed by atoms with van der Waals surface area (Å²) in [7, 11) is 0. The molecule has 1 aliphatic rings. The lowest BCUT2D eigenvalue weighted by Gasteiger charge is -2.35. The number of carbonyl (C=O) groups excluding carboxylic acids is 2. The Morgan fingerprint density at radius 2 is 2.23 bits per heavy atom. The summed E-state index contributed by atoms with van der Waals surface area (Å²) in [4.78, 5) is 25.1. The van der Waals surface area contributed by atoms with E-state index in [0.29, 0.717) is 23.1 Å². The van der Waals surface area contributed by atoms with Gasteiger partial charge in [0.05, 0.1) is 19.2 Å². The van der Waals surface area contributed by atoms with E-state index in [1.807, 2.05) is 0 Å². The van der Waals surface area contributed by atoms with Crippen molar-refractivity contribution < 1.29 is 14.7 Å². The number of aromatic nitrogens is 1. The van der Waals surface area contributed by atoms with Crippen molar-refractivity contribution >= 4 is 40.2 Å². The fourth-order valence-electron chi connectivity index (χ4n) is 1.99. The summed E-state index contributed by atoms with van der Waals surface area (Å²) in [5, 5.41) is 12.8. The average Bonchev–Trinajstić information content (AvgIpc) is 2.83. The van der Waals surface area contributed by atoms with Crippen LogP contribution >= 0.6 is 23.3 Å². The number of aliphatic hydroxyl groups is 1. The highest BCUT2D eigenvalue weighted by atomic mass is 32.2. The van der Waals surface area contributed by atoms with Gasteiger partial charge in [-0.2, -0.15) is 4.37 Å². The van der Waals surface area contributed by atoms with Crippen LogP contribution in [0.2, 0.25) is 0 Å². The van der Waals surface area contributed by atoms with Crippen molar-refractivity contribution in [2.24, 2.45) is 5.73 Å². The summed E-state index contributed by atoms with van der Waals surface area (Å²) in [6.45, 7) is 2.73. The standard InChI is InChI=1S/C13H20N4O3S2/c1-2-3-4-5-21-12-9(10(14)19)11(22-16-12)15-13(20)17-6-8(18)7-17/h8,18H,2-7H2,1H3,(H2,14,19)(H,15,20). The Hall–Kier alpha value is -1.32. The summed E-state index contributed by atoms with van der Waals surface area (Å²) < 4.78 is 4.23. The predicted molar refractivity (Wildman–Crippen MR) is 87.5 cm³/mol. The molecule has 3 amide bonds. The number of rotatable bonds is 7. The van der Waals surface area contributed by atoms with Gasteiger partial charge in [-0.25, -0.2) is 4.79 Å². The van der Waals surface area contributed by atoms with Crippen LogP contribution in [0.1, 0.15) is 36.5 Å². The van der Waals surface area contributed by atoms with E-state index < -0.39 is 12.0 Å². The largest absolute Gasteiger partial charge is 0.389 e. The molecule has 1 aromatic heterocycles. The van der Waals surface area contributed by atoms with Gasteiger partial charge in [-0.1, -0.05) is 19.8 Å². The zero-order valence-corrected chi connectivity index (χ0v) is 14.0. The number of aliphatic hydroxyl groups excluding tert-OH is 1. The van der Waals surface area contributed by atoms with Gasteiger partial charge in [-0.3, -0.25) is 10.1 Å². The minimum Gasteiger partial charge on any atom is -0.389 e. The number of unbranched alkanes of at least 4 members (excludes halogenated alkanes) is 2. The van der Waals surface area contributed by atoms with E-state index >= 15 is 0 Å². The molecular weight excluding hydrogens is 324 g/mol. The van der Waals surface area contributed by atoms with E-state index in [1.165, 1.54) is 16.7 Å². The van der Waals surface area contributed by atoms with Crippen LogP contribution in [-0.2, 0) is 0 Å². The molecule has 2 heterocycles. The van der Waals surface area contributed by atoms with Crippen molar-refractivity contribution in [3.8, 4) is 0 Å². The van der Waals surface area contributed by atoms with Crippen LogP contribution in [0.15, 0.2) is 5.03 Å². The van der Waals surface area contributed by atoms with Crippen molar-refractivity contribution in [2.45, 2.75) is 37.3 Å². The zero-order valence-electron chi connectivity index (χ0n) is 12.4. The normalized spacial score (nSPS) is 14.7. The predicted octanol–water partition coefficient (Wildman–Crippen LogP) is 1.73. The van der Waals surface area contributed by atoms with Crippen molar-refractivity contribution in [3.05, 3.63) is 5.56 Å². The molecule has 7 nitrogen and oxygen atoms in total. The smallest absolute Gasteiger partial charge is 0.322 e. The van der Waals surface area contributed by atoms with Crippen molar-refractivity contribution in [3.63, 3.8) is 0 Å². The third-order valence-corrected chi connectivity index (χ3v) is 5.20. The number of anilines is 1. The highest BCUT2D eigenvalue weighted by molar-refractivity contribution is 7.99. The molecule has 2 rings (SSSR count). The van der Waals surface area contributed by atoms with Crippen molar-refractivity contribution in [1.29, 1.82) is 0 Å². The van der Waals surface area contributed by atoms with Gasteiger partial charge in [-0.15, -0.1) is 11.8 Å². The zero-order chi connectivity index (χ0) is 16.1. The van der Waals surface area contributed by atoms with Gasteiger partial charge in [0, 0.05) is 0 Å². The summed E-state index contributed by atoms with van der Waals surface area (Å²) in [6.07, 6.45) is 2.84. The lowest BCUT2D eigenvalue weighted by molar-refractivity contribution is 0.0309. The maximum absolute atomic E-state index is 11.9. The Bertz CT molecular complexity index is 543. The molecule has 0 bridgehead atoms. The topological polar surface area (TPSA) is 109 Å². The Morgan fingerprint density at radius 3 is 2.82 bits per heavy atom. The molecule has 1 aliphatic heterocycles. The summed E-state index contributed by atoms with van der Waals surface area (Å²) in [5.74, 6) is 0.273. The highest BCUT2D eigenvalue weighted by Crippen LogP contribution is 2.32. The number of nitrogens with one attached hydrogen (secondary N) is 1. The molecule has 0 aliphatic carbocycles. The number of urea groups is 1. The van der Waals surface area contributed by atoms with Crippen molar-refractivity contribution in [2.75, 3.05) is 24.2 Å². The first-order valence-electron chi connectivity index (χ1n) is 7.19.